The van der Waals surface area contributed by atoms with Crippen LogP contribution in [0.15, 0.2) is 21.6 Å². The van der Waals surface area contributed by atoms with Crippen molar-refractivity contribution in [2.24, 2.45) is 0 Å². The van der Waals surface area contributed by atoms with E-state index in [1.165, 1.54) is 4.31 Å². The highest BCUT2D eigenvalue weighted by Gasteiger charge is 2.34. The zero-order valence-corrected chi connectivity index (χ0v) is 18.9. The average Bonchev–Trinajstić information content (AvgIpc) is 3.04. The lowest BCUT2D eigenvalue weighted by molar-refractivity contribution is -0.124. The zero-order valence-electron chi connectivity index (χ0n) is 18.1. The molecule has 3 rings (SSSR count). The molecule has 1 aromatic heterocycles. The molecule has 164 valence electrons. The number of nitrogens with one attached hydrogen (secondary N) is 1. The van der Waals surface area contributed by atoms with Crippen molar-refractivity contribution in [2.75, 3.05) is 19.7 Å². The predicted molar refractivity (Wildman–Crippen MR) is 112 cm³/mol. The summed E-state index contributed by atoms with van der Waals surface area (Å²) in [5.74, 6) is 0.828. The van der Waals surface area contributed by atoms with Gasteiger partial charge in [0.25, 0.3) is 5.91 Å². The minimum Gasteiger partial charge on any atom is -0.483 e. The summed E-state index contributed by atoms with van der Waals surface area (Å²) in [4.78, 5) is 12.5. The maximum atomic E-state index is 12.9. The van der Waals surface area contributed by atoms with Gasteiger partial charge in [0.05, 0.1) is 0 Å². The molecule has 0 atom stereocenters. The molecule has 1 fully saturated rings. The van der Waals surface area contributed by atoms with Crippen LogP contribution in [-0.2, 0) is 14.8 Å². The van der Waals surface area contributed by atoms with Crippen LogP contribution < -0.4 is 10.1 Å². The van der Waals surface area contributed by atoms with Crippen LogP contribution in [0.1, 0.15) is 41.0 Å². The lowest BCUT2D eigenvalue weighted by atomic mass is 10.1. The molecule has 8 nitrogen and oxygen atoms in total. The Morgan fingerprint density at radius 3 is 2.40 bits per heavy atom. The molecule has 1 aromatic carbocycles. The highest BCUT2D eigenvalue weighted by Crippen LogP contribution is 2.27. The number of carbonyl (C=O) groups is 1. The fraction of sp³-hybridized carbons (Fsp3) is 0.524. The molecule has 1 saturated heterocycles. The first-order chi connectivity index (χ1) is 14.1. The standard InChI is InChI=1S/C21H29N3O5S/c1-13-6-7-14(2)20(15(13)3)28-12-19(25)22-18-8-10-24(11-9-18)30(26,27)21-16(4)23-29-17(21)5/h6-7,18H,8-12H2,1-5H3,(H,22,25). The number of sulfonamides is 1. The summed E-state index contributed by atoms with van der Waals surface area (Å²) < 4.78 is 38.0. The predicted octanol–water partition coefficient (Wildman–Crippen LogP) is 2.57. The highest BCUT2D eigenvalue weighted by atomic mass is 32.2. The number of amides is 1. The number of hydrogen-bond donors (Lipinski definition) is 1. The minimum absolute atomic E-state index is 0.0667. The van der Waals surface area contributed by atoms with Gasteiger partial charge in [0.15, 0.2) is 12.4 Å². The fourth-order valence-corrected chi connectivity index (χ4v) is 5.53. The molecule has 0 saturated carbocycles. The van der Waals surface area contributed by atoms with Crippen LogP contribution in [0.3, 0.4) is 0 Å². The van der Waals surface area contributed by atoms with Gasteiger partial charge in [0.2, 0.25) is 10.0 Å². The van der Waals surface area contributed by atoms with E-state index in [2.05, 4.69) is 10.5 Å². The van der Waals surface area contributed by atoms with Crippen LogP contribution in [0, 0.1) is 34.6 Å². The number of piperidine rings is 1. The molecule has 9 heteroatoms. The van der Waals surface area contributed by atoms with Crippen molar-refractivity contribution in [3.8, 4) is 5.75 Å². The first-order valence-corrected chi connectivity index (χ1v) is 11.5. The van der Waals surface area contributed by atoms with E-state index >= 15 is 0 Å². The van der Waals surface area contributed by atoms with Crippen LogP contribution in [0.5, 0.6) is 5.75 Å². The van der Waals surface area contributed by atoms with E-state index < -0.39 is 10.0 Å². The third-order valence-electron chi connectivity index (χ3n) is 5.61. The Bertz CT molecular complexity index is 1020. The van der Waals surface area contributed by atoms with Crippen molar-refractivity contribution in [1.29, 1.82) is 0 Å². The number of aryl methyl sites for hydroxylation is 4. The highest BCUT2D eigenvalue weighted by molar-refractivity contribution is 7.89. The van der Waals surface area contributed by atoms with Crippen molar-refractivity contribution in [3.05, 3.63) is 40.3 Å². The Labute approximate surface area is 177 Å². The molecule has 2 aromatic rings. The molecule has 1 aliphatic heterocycles. The van der Waals surface area contributed by atoms with Gasteiger partial charge in [-0.05, 0) is 64.2 Å². The van der Waals surface area contributed by atoms with Crippen LogP contribution in [-0.4, -0.2) is 49.5 Å². The Morgan fingerprint density at radius 1 is 1.17 bits per heavy atom. The molecule has 0 bridgehead atoms. The van der Waals surface area contributed by atoms with Gasteiger partial charge in [0.1, 0.15) is 16.3 Å². The molecule has 1 aliphatic rings. The Hall–Kier alpha value is -2.39. The number of rotatable bonds is 6. The number of aromatic nitrogens is 1. The lowest BCUT2D eigenvalue weighted by Gasteiger charge is -2.31. The van der Waals surface area contributed by atoms with Gasteiger partial charge in [-0.3, -0.25) is 4.79 Å². The normalized spacial score (nSPS) is 15.9. The van der Waals surface area contributed by atoms with Gasteiger partial charge in [-0.25, -0.2) is 8.42 Å². The van der Waals surface area contributed by atoms with Gasteiger partial charge in [-0.15, -0.1) is 0 Å². The smallest absolute Gasteiger partial charge is 0.258 e. The van der Waals surface area contributed by atoms with E-state index in [-0.39, 0.29) is 23.5 Å². The van der Waals surface area contributed by atoms with Crippen LogP contribution >= 0.6 is 0 Å². The summed E-state index contributed by atoms with van der Waals surface area (Å²) in [6.07, 6.45) is 1.08. The van der Waals surface area contributed by atoms with E-state index in [0.29, 0.717) is 37.4 Å². The number of nitrogens with zero attached hydrogens (tertiary/aromatic N) is 2. The van der Waals surface area contributed by atoms with Crippen LogP contribution in [0.2, 0.25) is 0 Å². The SMILES string of the molecule is Cc1ccc(C)c(OCC(=O)NC2CCN(S(=O)(=O)c3c(C)noc3C)CC2)c1C. The summed E-state index contributed by atoms with van der Waals surface area (Å²) in [5.41, 5.74) is 3.49. The maximum absolute atomic E-state index is 12.9. The summed E-state index contributed by atoms with van der Waals surface area (Å²) in [5, 5.41) is 6.70. The lowest BCUT2D eigenvalue weighted by Crippen LogP contribution is -2.47. The van der Waals surface area contributed by atoms with Gasteiger partial charge in [-0.1, -0.05) is 17.3 Å². The van der Waals surface area contributed by atoms with Crippen molar-refractivity contribution in [3.63, 3.8) is 0 Å². The minimum atomic E-state index is -3.65. The molecule has 0 unspecified atom stereocenters. The molecule has 1 N–H and O–H groups in total. The number of benzene rings is 1. The van der Waals surface area contributed by atoms with E-state index in [9.17, 15) is 13.2 Å². The summed E-state index contributed by atoms with van der Waals surface area (Å²) >= 11 is 0. The fourth-order valence-electron chi connectivity index (χ4n) is 3.77. The molecular formula is C21H29N3O5S. The Morgan fingerprint density at radius 2 is 1.80 bits per heavy atom. The Balaban J connectivity index is 1.54. The second-order valence-corrected chi connectivity index (χ2v) is 9.72. The zero-order chi connectivity index (χ0) is 22.1. The van der Waals surface area contributed by atoms with Gasteiger partial charge >= 0.3 is 0 Å². The second-order valence-electron chi connectivity index (χ2n) is 7.84. The monoisotopic (exact) mass is 435 g/mol. The van der Waals surface area contributed by atoms with Gasteiger partial charge in [-0.2, -0.15) is 4.31 Å². The van der Waals surface area contributed by atoms with Crippen molar-refractivity contribution in [2.45, 2.75) is 58.4 Å². The van der Waals surface area contributed by atoms with Crippen molar-refractivity contribution < 1.29 is 22.5 Å². The number of carbonyl (C=O) groups excluding carboxylic acids is 1. The first-order valence-electron chi connectivity index (χ1n) is 10.0. The van der Waals surface area contributed by atoms with E-state index in [1.54, 1.807) is 13.8 Å². The second kappa shape index (κ2) is 8.77. The van der Waals surface area contributed by atoms with Crippen LogP contribution in [0.4, 0.5) is 0 Å². The third-order valence-corrected chi connectivity index (χ3v) is 7.75. The maximum Gasteiger partial charge on any atom is 0.258 e. The summed E-state index contributed by atoms with van der Waals surface area (Å²) in [6, 6.07) is 3.92. The van der Waals surface area contributed by atoms with Crippen molar-refractivity contribution >= 4 is 15.9 Å². The van der Waals surface area contributed by atoms with Gasteiger partial charge in [0, 0.05) is 19.1 Å². The molecule has 0 spiro atoms. The molecule has 0 aliphatic carbocycles. The summed E-state index contributed by atoms with van der Waals surface area (Å²) in [6.45, 7) is 9.74. The number of ether oxygens (including phenoxy) is 1. The topological polar surface area (TPSA) is 102 Å². The van der Waals surface area contributed by atoms with E-state index in [0.717, 1.165) is 22.4 Å². The van der Waals surface area contributed by atoms with Crippen LogP contribution in [0.25, 0.3) is 0 Å². The summed E-state index contributed by atoms with van der Waals surface area (Å²) in [7, 11) is -3.65. The molecule has 0 radical (unpaired) electrons. The van der Waals surface area contributed by atoms with Gasteiger partial charge < -0.3 is 14.6 Å². The van der Waals surface area contributed by atoms with Crippen molar-refractivity contribution in [1.82, 2.24) is 14.8 Å². The molecular weight excluding hydrogens is 406 g/mol. The molecule has 2 heterocycles. The number of hydrogen-bond acceptors (Lipinski definition) is 6. The average molecular weight is 436 g/mol. The van der Waals surface area contributed by atoms with E-state index in [1.807, 2.05) is 32.9 Å². The molecule has 30 heavy (non-hydrogen) atoms. The Kier molecular flexibility index (Phi) is 6.52. The van der Waals surface area contributed by atoms with E-state index in [4.69, 9.17) is 9.26 Å². The molecule has 1 amide bonds. The first kappa shape index (κ1) is 22.3. The third kappa shape index (κ3) is 4.52. The largest absolute Gasteiger partial charge is 0.483 e. The quantitative estimate of drug-likeness (QED) is 0.748.